The molecule has 19 heavy (non-hydrogen) atoms. The second kappa shape index (κ2) is 5.98. The first-order valence-corrected chi connectivity index (χ1v) is 8.25. The van der Waals surface area contributed by atoms with Crippen LogP contribution < -0.4 is 5.32 Å². The maximum absolute atomic E-state index is 5.75. The molecule has 1 aromatic rings. The molecule has 1 aliphatic carbocycles. The van der Waals surface area contributed by atoms with Crippen LogP contribution in [-0.4, -0.2) is 30.6 Å². The van der Waals surface area contributed by atoms with Crippen LogP contribution in [0.2, 0.25) is 0 Å². The Bertz CT molecular complexity index is 410. The normalized spacial score (nSPS) is 25.7. The highest BCUT2D eigenvalue weighted by Crippen LogP contribution is 2.36. The van der Waals surface area contributed by atoms with Crippen molar-refractivity contribution >= 4 is 15.9 Å². The Balaban J connectivity index is 1.66. The van der Waals surface area contributed by atoms with Crippen molar-refractivity contribution in [1.29, 1.82) is 0 Å². The quantitative estimate of drug-likeness (QED) is 0.896. The molecule has 1 aromatic heterocycles. The average molecular weight is 327 g/mol. The van der Waals surface area contributed by atoms with Crippen molar-refractivity contribution in [3.05, 3.63) is 22.6 Å². The van der Waals surface area contributed by atoms with E-state index in [2.05, 4.69) is 39.1 Å². The fraction of sp³-hybridized carbons (Fsp3) is 0.733. The molecule has 2 fully saturated rings. The minimum Gasteiger partial charge on any atom is -0.453 e. The van der Waals surface area contributed by atoms with Crippen LogP contribution in [0, 0.1) is 5.92 Å². The molecule has 2 atom stereocenters. The molecule has 4 heteroatoms. The number of hydrogen-bond acceptors (Lipinski definition) is 3. The lowest BCUT2D eigenvalue weighted by atomic mass is 9.98. The maximum Gasteiger partial charge on any atom is 0.169 e. The van der Waals surface area contributed by atoms with Crippen LogP contribution in [0.3, 0.4) is 0 Å². The number of nitrogens with one attached hydrogen (secondary N) is 1. The highest BCUT2D eigenvalue weighted by Gasteiger charge is 2.35. The Kier molecular flexibility index (Phi) is 4.30. The third-order valence-corrected chi connectivity index (χ3v) is 4.81. The third-order valence-electron chi connectivity index (χ3n) is 4.39. The van der Waals surface area contributed by atoms with E-state index in [4.69, 9.17) is 4.42 Å². The zero-order chi connectivity index (χ0) is 13.2. The SMILES string of the molecule is CC(c1ccc(Br)o1)N(CC1CCCNC1)C1CC1. The molecular weight excluding hydrogens is 304 g/mol. The van der Waals surface area contributed by atoms with Gasteiger partial charge in [-0.15, -0.1) is 0 Å². The molecule has 3 nitrogen and oxygen atoms in total. The van der Waals surface area contributed by atoms with Crippen molar-refractivity contribution in [2.24, 2.45) is 5.92 Å². The summed E-state index contributed by atoms with van der Waals surface area (Å²) in [6, 6.07) is 5.27. The molecule has 2 unspecified atom stereocenters. The number of furan rings is 1. The summed E-state index contributed by atoms with van der Waals surface area (Å²) in [6.45, 7) is 5.86. The van der Waals surface area contributed by atoms with Crippen molar-refractivity contribution in [2.75, 3.05) is 19.6 Å². The summed E-state index contributed by atoms with van der Waals surface area (Å²) in [5, 5.41) is 3.52. The van der Waals surface area contributed by atoms with Gasteiger partial charge < -0.3 is 9.73 Å². The molecule has 1 saturated carbocycles. The molecule has 1 N–H and O–H groups in total. The van der Waals surface area contributed by atoms with Gasteiger partial charge in [-0.2, -0.15) is 0 Å². The van der Waals surface area contributed by atoms with E-state index in [9.17, 15) is 0 Å². The van der Waals surface area contributed by atoms with Crippen LogP contribution in [0.4, 0.5) is 0 Å². The number of rotatable bonds is 5. The predicted molar refractivity (Wildman–Crippen MR) is 80.1 cm³/mol. The van der Waals surface area contributed by atoms with Gasteiger partial charge in [-0.3, -0.25) is 4.90 Å². The van der Waals surface area contributed by atoms with Crippen LogP contribution in [0.5, 0.6) is 0 Å². The van der Waals surface area contributed by atoms with Crippen molar-refractivity contribution < 1.29 is 4.42 Å². The van der Waals surface area contributed by atoms with E-state index in [1.165, 1.54) is 45.3 Å². The van der Waals surface area contributed by atoms with Crippen molar-refractivity contribution in [2.45, 2.75) is 44.7 Å². The second-order valence-corrected chi connectivity index (χ2v) is 6.74. The molecule has 0 spiro atoms. The summed E-state index contributed by atoms with van der Waals surface area (Å²) in [5.74, 6) is 1.89. The topological polar surface area (TPSA) is 28.4 Å². The molecule has 3 rings (SSSR count). The van der Waals surface area contributed by atoms with Gasteiger partial charge in [0.05, 0.1) is 6.04 Å². The Labute approximate surface area is 123 Å². The zero-order valence-corrected chi connectivity index (χ0v) is 13.2. The van der Waals surface area contributed by atoms with Gasteiger partial charge in [0.2, 0.25) is 0 Å². The summed E-state index contributed by atoms with van der Waals surface area (Å²) in [4.78, 5) is 2.66. The fourth-order valence-electron chi connectivity index (χ4n) is 3.12. The van der Waals surface area contributed by atoms with E-state index in [1.54, 1.807) is 0 Å². The first kappa shape index (κ1) is 13.7. The van der Waals surface area contributed by atoms with E-state index in [0.717, 1.165) is 22.4 Å². The van der Waals surface area contributed by atoms with E-state index >= 15 is 0 Å². The molecule has 0 amide bonds. The van der Waals surface area contributed by atoms with Gasteiger partial charge in [-0.1, -0.05) is 0 Å². The van der Waals surface area contributed by atoms with E-state index < -0.39 is 0 Å². The Morgan fingerprint density at radius 2 is 2.26 bits per heavy atom. The number of halogens is 1. The van der Waals surface area contributed by atoms with Gasteiger partial charge in [0.1, 0.15) is 5.76 Å². The first-order chi connectivity index (χ1) is 9.24. The molecular formula is C15H23BrN2O. The summed E-state index contributed by atoms with van der Waals surface area (Å²) in [5.41, 5.74) is 0. The Morgan fingerprint density at radius 3 is 2.84 bits per heavy atom. The molecule has 0 radical (unpaired) electrons. The number of piperidine rings is 1. The van der Waals surface area contributed by atoms with Gasteiger partial charge in [-0.05, 0) is 79.7 Å². The van der Waals surface area contributed by atoms with Crippen LogP contribution >= 0.6 is 15.9 Å². The van der Waals surface area contributed by atoms with Crippen molar-refractivity contribution in [3.63, 3.8) is 0 Å². The van der Waals surface area contributed by atoms with E-state index in [0.29, 0.717) is 6.04 Å². The molecule has 0 bridgehead atoms. The second-order valence-electron chi connectivity index (χ2n) is 5.96. The highest BCUT2D eigenvalue weighted by molar-refractivity contribution is 9.10. The molecule has 1 aliphatic heterocycles. The van der Waals surface area contributed by atoms with E-state index in [-0.39, 0.29) is 0 Å². The molecule has 106 valence electrons. The van der Waals surface area contributed by atoms with Gasteiger partial charge in [0.25, 0.3) is 0 Å². The lowest BCUT2D eigenvalue weighted by molar-refractivity contribution is 0.138. The highest BCUT2D eigenvalue weighted by atomic mass is 79.9. The van der Waals surface area contributed by atoms with Crippen molar-refractivity contribution in [3.8, 4) is 0 Å². The lowest BCUT2D eigenvalue weighted by Crippen LogP contribution is -2.40. The average Bonchev–Trinajstić information content (AvgIpc) is 3.18. The van der Waals surface area contributed by atoms with Gasteiger partial charge in [0, 0.05) is 12.6 Å². The summed E-state index contributed by atoms with van der Waals surface area (Å²) < 4.78 is 6.59. The van der Waals surface area contributed by atoms with Crippen LogP contribution in [0.1, 0.15) is 44.4 Å². The zero-order valence-electron chi connectivity index (χ0n) is 11.6. The minimum atomic E-state index is 0.390. The standard InChI is InChI=1S/C15H23BrN2O/c1-11(14-6-7-15(16)19-14)18(13-4-5-13)10-12-3-2-8-17-9-12/h6-7,11-13,17H,2-5,8-10H2,1H3. The maximum atomic E-state index is 5.75. The molecule has 1 saturated heterocycles. The van der Waals surface area contributed by atoms with Gasteiger partial charge in [0.15, 0.2) is 4.67 Å². The van der Waals surface area contributed by atoms with Gasteiger partial charge >= 0.3 is 0 Å². The summed E-state index contributed by atoms with van der Waals surface area (Å²) in [6.07, 6.45) is 5.40. The third kappa shape index (κ3) is 3.41. The lowest BCUT2D eigenvalue weighted by Gasteiger charge is -2.33. The van der Waals surface area contributed by atoms with Crippen LogP contribution in [0.25, 0.3) is 0 Å². The largest absolute Gasteiger partial charge is 0.453 e. The van der Waals surface area contributed by atoms with Crippen LogP contribution in [-0.2, 0) is 0 Å². The fourth-order valence-corrected chi connectivity index (χ4v) is 3.44. The number of nitrogens with zero attached hydrogens (tertiary/aromatic N) is 1. The van der Waals surface area contributed by atoms with Gasteiger partial charge in [-0.25, -0.2) is 0 Å². The summed E-state index contributed by atoms with van der Waals surface area (Å²) in [7, 11) is 0. The minimum absolute atomic E-state index is 0.390. The summed E-state index contributed by atoms with van der Waals surface area (Å²) >= 11 is 3.41. The van der Waals surface area contributed by atoms with Crippen molar-refractivity contribution in [1.82, 2.24) is 10.2 Å². The molecule has 0 aromatic carbocycles. The van der Waals surface area contributed by atoms with Crippen LogP contribution in [0.15, 0.2) is 21.2 Å². The first-order valence-electron chi connectivity index (χ1n) is 7.45. The Hall–Kier alpha value is -0.320. The monoisotopic (exact) mass is 326 g/mol. The van der Waals surface area contributed by atoms with E-state index in [1.807, 2.05) is 6.07 Å². The smallest absolute Gasteiger partial charge is 0.169 e. The predicted octanol–water partition coefficient (Wildman–Crippen LogP) is 3.57. The molecule has 2 heterocycles. The Morgan fingerprint density at radius 1 is 1.42 bits per heavy atom. The molecule has 2 aliphatic rings. The number of hydrogen-bond donors (Lipinski definition) is 1.